The molecule has 0 spiro atoms. The zero-order valence-electron chi connectivity index (χ0n) is 8.12. The molecule has 0 radical (unpaired) electrons. The highest BCUT2D eigenvalue weighted by Crippen LogP contribution is 2.25. The van der Waals surface area contributed by atoms with Crippen LogP contribution in [0, 0.1) is 6.92 Å². The molecule has 0 aliphatic carbocycles. The van der Waals surface area contributed by atoms with E-state index in [0.717, 1.165) is 25.9 Å². The van der Waals surface area contributed by atoms with Crippen molar-refractivity contribution in [1.29, 1.82) is 0 Å². The molecule has 1 aromatic rings. The number of carboxylic acids is 1. The molecule has 1 fully saturated rings. The Kier molecular flexibility index (Phi) is 2.19. The Morgan fingerprint density at radius 2 is 2.14 bits per heavy atom. The summed E-state index contributed by atoms with van der Waals surface area (Å²) < 4.78 is 5.29. The van der Waals surface area contributed by atoms with E-state index in [9.17, 15) is 4.79 Å². The molecule has 0 saturated carbocycles. The number of aromatic carboxylic acids is 1. The molecular formula is C10H13NO3. The molecule has 0 bridgehead atoms. The fraction of sp³-hybridized carbons (Fsp3) is 0.500. The minimum atomic E-state index is -0.993. The highest BCUT2D eigenvalue weighted by molar-refractivity contribution is 5.86. The van der Waals surface area contributed by atoms with Gasteiger partial charge in [-0.15, -0.1) is 0 Å². The van der Waals surface area contributed by atoms with Gasteiger partial charge < -0.3 is 14.4 Å². The van der Waals surface area contributed by atoms with E-state index in [-0.39, 0.29) is 5.76 Å². The van der Waals surface area contributed by atoms with Crippen LogP contribution in [0.1, 0.15) is 29.0 Å². The maximum atomic E-state index is 10.7. The van der Waals surface area contributed by atoms with Gasteiger partial charge in [0, 0.05) is 24.7 Å². The molecule has 1 aromatic heterocycles. The number of hydrogen-bond acceptors (Lipinski definition) is 3. The molecule has 4 nitrogen and oxygen atoms in total. The number of anilines is 1. The summed E-state index contributed by atoms with van der Waals surface area (Å²) >= 11 is 0. The second kappa shape index (κ2) is 3.36. The van der Waals surface area contributed by atoms with E-state index in [1.807, 2.05) is 0 Å². The largest absolute Gasteiger partial charge is 0.475 e. The van der Waals surface area contributed by atoms with E-state index in [1.165, 1.54) is 0 Å². The van der Waals surface area contributed by atoms with Crippen LogP contribution in [0.3, 0.4) is 0 Å². The lowest BCUT2D eigenvalue weighted by atomic mass is 10.3. The van der Waals surface area contributed by atoms with E-state index in [1.54, 1.807) is 13.0 Å². The van der Waals surface area contributed by atoms with Gasteiger partial charge in [0.2, 0.25) is 5.76 Å². The molecule has 4 heteroatoms. The van der Waals surface area contributed by atoms with Gasteiger partial charge in [0.1, 0.15) is 0 Å². The first kappa shape index (κ1) is 9.12. The van der Waals surface area contributed by atoms with Crippen molar-refractivity contribution in [2.45, 2.75) is 19.8 Å². The Hall–Kier alpha value is -1.45. The Balaban J connectivity index is 2.27. The molecule has 1 saturated heterocycles. The third kappa shape index (κ3) is 1.47. The second-order valence-electron chi connectivity index (χ2n) is 3.60. The van der Waals surface area contributed by atoms with E-state index < -0.39 is 5.97 Å². The van der Waals surface area contributed by atoms with Crippen molar-refractivity contribution in [1.82, 2.24) is 0 Å². The zero-order chi connectivity index (χ0) is 10.1. The first-order chi connectivity index (χ1) is 6.68. The highest BCUT2D eigenvalue weighted by Gasteiger charge is 2.20. The molecule has 0 amide bonds. The molecule has 1 N–H and O–H groups in total. The lowest BCUT2D eigenvalue weighted by Gasteiger charge is -2.12. The molecule has 0 unspecified atom stereocenters. The van der Waals surface area contributed by atoms with Crippen LogP contribution in [0.15, 0.2) is 10.5 Å². The van der Waals surface area contributed by atoms with Gasteiger partial charge in [0.05, 0.1) is 0 Å². The van der Waals surface area contributed by atoms with Crippen LogP contribution < -0.4 is 4.90 Å². The first-order valence-corrected chi connectivity index (χ1v) is 4.77. The zero-order valence-corrected chi connectivity index (χ0v) is 8.12. The Morgan fingerprint density at radius 1 is 1.50 bits per heavy atom. The average Bonchev–Trinajstić information content (AvgIpc) is 2.70. The molecule has 1 aliphatic heterocycles. The predicted octanol–water partition coefficient (Wildman–Crippen LogP) is 1.89. The normalized spacial score (nSPS) is 16.2. The van der Waals surface area contributed by atoms with Gasteiger partial charge in [-0.05, 0) is 19.8 Å². The summed E-state index contributed by atoms with van der Waals surface area (Å²) in [4.78, 5) is 12.8. The van der Waals surface area contributed by atoms with Crippen molar-refractivity contribution in [2.75, 3.05) is 18.0 Å². The molecular weight excluding hydrogens is 182 g/mol. The average molecular weight is 195 g/mol. The fourth-order valence-corrected chi connectivity index (χ4v) is 1.77. The van der Waals surface area contributed by atoms with Crippen molar-refractivity contribution < 1.29 is 14.3 Å². The van der Waals surface area contributed by atoms with Crippen molar-refractivity contribution in [3.8, 4) is 0 Å². The smallest absolute Gasteiger partial charge is 0.372 e. The van der Waals surface area contributed by atoms with Crippen LogP contribution in [0.4, 0.5) is 5.88 Å². The highest BCUT2D eigenvalue weighted by atomic mass is 16.4. The molecule has 0 aromatic carbocycles. The minimum Gasteiger partial charge on any atom is -0.475 e. The lowest BCUT2D eigenvalue weighted by molar-refractivity contribution is 0.0662. The standard InChI is InChI=1S/C10H13NO3/c1-7-6-8(11-4-2-3-5-11)14-9(7)10(12)13/h6H,2-5H2,1H3,(H,12,13). The maximum Gasteiger partial charge on any atom is 0.372 e. The number of nitrogens with zero attached hydrogens (tertiary/aromatic N) is 1. The maximum absolute atomic E-state index is 10.7. The minimum absolute atomic E-state index is 0.0619. The number of carboxylic acid groups (broad SMARTS) is 1. The third-order valence-corrected chi connectivity index (χ3v) is 2.52. The summed E-state index contributed by atoms with van der Waals surface area (Å²) in [6.45, 7) is 3.69. The number of furan rings is 1. The number of rotatable bonds is 2. The van der Waals surface area contributed by atoms with E-state index in [4.69, 9.17) is 9.52 Å². The summed E-state index contributed by atoms with van der Waals surface area (Å²) in [6.07, 6.45) is 2.31. The Labute approximate surface area is 82.1 Å². The number of aryl methyl sites for hydroxylation is 1. The van der Waals surface area contributed by atoms with E-state index in [2.05, 4.69) is 4.90 Å². The van der Waals surface area contributed by atoms with Crippen molar-refractivity contribution in [3.63, 3.8) is 0 Å². The van der Waals surface area contributed by atoms with Crippen molar-refractivity contribution >= 4 is 11.9 Å². The molecule has 2 heterocycles. The summed E-state index contributed by atoms with van der Waals surface area (Å²) in [6, 6.07) is 1.80. The van der Waals surface area contributed by atoms with Crippen molar-refractivity contribution in [2.24, 2.45) is 0 Å². The van der Waals surface area contributed by atoms with Crippen LogP contribution in [-0.2, 0) is 0 Å². The van der Waals surface area contributed by atoms with Gasteiger partial charge in [-0.2, -0.15) is 0 Å². The van der Waals surface area contributed by atoms with Gasteiger partial charge in [-0.3, -0.25) is 0 Å². The monoisotopic (exact) mass is 195 g/mol. The SMILES string of the molecule is Cc1cc(N2CCCC2)oc1C(=O)O. The Bertz CT molecular complexity index is 350. The topological polar surface area (TPSA) is 53.7 Å². The molecule has 2 rings (SSSR count). The van der Waals surface area contributed by atoms with Gasteiger partial charge in [0.15, 0.2) is 5.88 Å². The second-order valence-corrected chi connectivity index (χ2v) is 3.60. The lowest BCUT2D eigenvalue weighted by Crippen LogP contribution is -2.16. The molecule has 0 atom stereocenters. The summed E-state index contributed by atoms with van der Waals surface area (Å²) in [5, 5.41) is 8.81. The van der Waals surface area contributed by atoms with Gasteiger partial charge in [-0.1, -0.05) is 0 Å². The summed E-state index contributed by atoms with van der Waals surface area (Å²) in [7, 11) is 0. The molecule has 14 heavy (non-hydrogen) atoms. The van der Waals surface area contributed by atoms with Crippen molar-refractivity contribution in [3.05, 3.63) is 17.4 Å². The van der Waals surface area contributed by atoms with Crippen LogP contribution in [0.5, 0.6) is 0 Å². The Morgan fingerprint density at radius 3 is 2.64 bits per heavy atom. The van der Waals surface area contributed by atoms with E-state index >= 15 is 0 Å². The summed E-state index contributed by atoms with van der Waals surface area (Å²) in [5.41, 5.74) is 0.694. The van der Waals surface area contributed by atoms with Gasteiger partial charge >= 0.3 is 5.97 Å². The third-order valence-electron chi connectivity index (χ3n) is 2.52. The predicted molar refractivity (Wildman–Crippen MR) is 51.9 cm³/mol. The first-order valence-electron chi connectivity index (χ1n) is 4.77. The number of hydrogen-bond donors (Lipinski definition) is 1. The van der Waals surface area contributed by atoms with Gasteiger partial charge in [-0.25, -0.2) is 4.79 Å². The molecule has 1 aliphatic rings. The van der Waals surface area contributed by atoms with Gasteiger partial charge in [0.25, 0.3) is 0 Å². The quantitative estimate of drug-likeness (QED) is 0.782. The fourth-order valence-electron chi connectivity index (χ4n) is 1.77. The number of carbonyl (C=O) groups is 1. The molecule has 76 valence electrons. The van der Waals surface area contributed by atoms with Crippen LogP contribution >= 0.6 is 0 Å². The van der Waals surface area contributed by atoms with E-state index in [0.29, 0.717) is 11.4 Å². The summed E-state index contributed by atoms with van der Waals surface area (Å²) in [5.74, 6) is -0.239. The van der Waals surface area contributed by atoms with Crippen LogP contribution in [-0.4, -0.2) is 24.2 Å². The van der Waals surface area contributed by atoms with Crippen LogP contribution in [0.25, 0.3) is 0 Å². The van der Waals surface area contributed by atoms with Crippen LogP contribution in [0.2, 0.25) is 0 Å².